The summed E-state index contributed by atoms with van der Waals surface area (Å²) in [5.41, 5.74) is -1.71. The number of carbonyl (C=O) groups is 4. The maximum absolute atomic E-state index is 13.2. The third-order valence-corrected chi connectivity index (χ3v) is 8.50. The molecule has 0 saturated heterocycles. The summed E-state index contributed by atoms with van der Waals surface area (Å²) in [4.78, 5) is 50.8. The van der Waals surface area contributed by atoms with E-state index in [0.29, 0.717) is 24.7 Å². The maximum Gasteiger partial charge on any atom is 0.339 e. The van der Waals surface area contributed by atoms with Crippen LogP contribution in [0.3, 0.4) is 0 Å². The first-order chi connectivity index (χ1) is 17.8. The van der Waals surface area contributed by atoms with Crippen molar-refractivity contribution in [2.75, 3.05) is 0 Å². The van der Waals surface area contributed by atoms with Crippen LogP contribution in [0.2, 0.25) is 0 Å². The van der Waals surface area contributed by atoms with E-state index in [1.165, 1.54) is 0 Å². The molecule has 38 heavy (non-hydrogen) atoms. The standard InChI is InChI=1S/C30H42O8/c1-15(2)19-9-7-17(5)11-25(19)37-29(35)23-13-22(28(33)34)24(14-21(23)27(31)32)30(36)38-26-12-18(6)8-10-20(26)16(3)4/h13-20,25-26H,7-12H2,1-6H3,(H,31,32)(H,33,34)/t17-,18-,19+,20+,25-,26-/m0/s1. The molecule has 0 bridgehead atoms. The average molecular weight is 531 g/mol. The second-order valence-electron chi connectivity index (χ2n) is 12.1. The third-order valence-electron chi connectivity index (χ3n) is 8.50. The van der Waals surface area contributed by atoms with Crippen LogP contribution in [0.1, 0.15) is 121 Å². The minimum Gasteiger partial charge on any atom is -0.478 e. The summed E-state index contributed by atoms with van der Waals surface area (Å²) >= 11 is 0. The van der Waals surface area contributed by atoms with Crippen LogP contribution < -0.4 is 0 Å². The third kappa shape index (κ3) is 6.75. The molecule has 2 aliphatic rings. The van der Waals surface area contributed by atoms with Gasteiger partial charge in [-0.25, -0.2) is 19.2 Å². The number of benzene rings is 1. The molecule has 0 radical (unpaired) electrons. The van der Waals surface area contributed by atoms with Gasteiger partial charge in [0.15, 0.2) is 0 Å². The summed E-state index contributed by atoms with van der Waals surface area (Å²) in [6.45, 7) is 12.4. The molecule has 0 amide bonds. The molecule has 8 nitrogen and oxygen atoms in total. The average Bonchev–Trinajstić information content (AvgIpc) is 2.82. The van der Waals surface area contributed by atoms with Crippen LogP contribution in [0.5, 0.6) is 0 Å². The second-order valence-corrected chi connectivity index (χ2v) is 12.1. The fourth-order valence-corrected chi connectivity index (χ4v) is 6.19. The molecular formula is C30H42O8. The number of carbonyl (C=O) groups excluding carboxylic acids is 2. The van der Waals surface area contributed by atoms with Crippen LogP contribution in [0.15, 0.2) is 12.1 Å². The minimum absolute atomic E-state index is 0.128. The molecule has 2 saturated carbocycles. The largest absolute Gasteiger partial charge is 0.478 e. The van der Waals surface area contributed by atoms with Crippen molar-refractivity contribution < 1.29 is 38.9 Å². The number of hydrogen-bond donors (Lipinski definition) is 2. The van der Waals surface area contributed by atoms with Crippen molar-refractivity contribution >= 4 is 23.9 Å². The normalized spacial score (nSPS) is 27.7. The Hall–Kier alpha value is -2.90. The quantitative estimate of drug-likeness (QED) is 0.374. The second kappa shape index (κ2) is 12.3. The first-order valence-corrected chi connectivity index (χ1v) is 13.9. The maximum atomic E-state index is 13.2. The van der Waals surface area contributed by atoms with Gasteiger partial charge in [-0.2, -0.15) is 0 Å². The smallest absolute Gasteiger partial charge is 0.339 e. The van der Waals surface area contributed by atoms with Gasteiger partial charge < -0.3 is 19.7 Å². The van der Waals surface area contributed by atoms with E-state index >= 15 is 0 Å². The number of aromatic carboxylic acids is 2. The van der Waals surface area contributed by atoms with Crippen LogP contribution >= 0.6 is 0 Å². The molecule has 0 aliphatic heterocycles. The first-order valence-electron chi connectivity index (χ1n) is 13.9. The molecule has 0 unspecified atom stereocenters. The fourth-order valence-electron chi connectivity index (χ4n) is 6.19. The van der Waals surface area contributed by atoms with E-state index in [9.17, 15) is 29.4 Å². The summed E-state index contributed by atoms with van der Waals surface area (Å²) < 4.78 is 11.6. The van der Waals surface area contributed by atoms with Crippen molar-refractivity contribution in [3.63, 3.8) is 0 Å². The van der Waals surface area contributed by atoms with Crippen LogP contribution in [0.4, 0.5) is 0 Å². The monoisotopic (exact) mass is 530 g/mol. The molecule has 6 atom stereocenters. The van der Waals surface area contributed by atoms with Crippen molar-refractivity contribution in [1.29, 1.82) is 0 Å². The molecule has 0 aromatic heterocycles. The number of esters is 2. The lowest BCUT2D eigenvalue weighted by Gasteiger charge is -2.37. The van der Waals surface area contributed by atoms with E-state index in [-0.39, 0.29) is 34.8 Å². The number of carboxylic acid groups (broad SMARTS) is 2. The fraction of sp³-hybridized carbons (Fsp3) is 0.667. The van der Waals surface area contributed by atoms with Gasteiger partial charge in [0.1, 0.15) is 12.2 Å². The molecule has 1 aromatic carbocycles. The Balaban J connectivity index is 1.95. The molecule has 0 heterocycles. The van der Waals surface area contributed by atoms with Gasteiger partial charge in [-0.05, 0) is 73.3 Å². The van der Waals surface area contributed by atoms with E-state index in [1.54, 1.807) is 0 Å². The molecule has 0 spiro atoms. The Morgan fingerprint density at radius 1 is 0.658 bits per heavy atom. The van der Waals surface area contributed by atoms with Gasteiger partial charge in [-0.3, -0.25) is 0 Å². The van der Waals surface area contributed by atoms with E-state index < -0.39 is 47.2 Å². The van der Waals surface area contributed by atoms with Crippen molar-refractivity contribution in [2.24, 2.45) is 35.5 Å². The molecule has 210 valence electrons. The van der Waals surface area contributed by atoms with Gasteiger partial charge in [0, 0.05) is 0 Å². The predicted octanol–water partition coefficient (Wildman–Crippen LogP) is 6.32. The highest BCUT2D eigenvalue weighted by Crippen LogP contribution is 2.37. The van der Waals surface area contributed by atoms with Gasteiger partial charge in [0.25, 0.3) is 0 Å². The van der Waals surface area contributed by atoms with E-state index in [0.717, 1.165) is 37.8 Å². The zero-order valence-electron chi connectivity index (χ0n) is 23.4. The van der Waals surface area contributed by atoms with Gasteiger partial charge >= 0.3 is 23.9 Å². The molecular weight excluding hydrogens is 488 g/mol. The van der Waals surface area contributed by atoms with E-state index in [4.69, 9.17) is 9.47 Å². The lowest BCUT2D eigenvalue weighted by Crippen LogP contribution is -2.36. The number of rotatable bonds is 8. The van der Waals surface area contributed by atoms with Crippen molar-refractivity contribution in [3.8, 4) is 0 Å². The van der Waals surface area contributed by atoms with Crippen LogP contribution in [0.25, 0.3) is 0 Å². The Morgan fingerprint density at radius 2 is 1.00 bits per heavy atom. The summed E-state index contributed by atoms with van der Waals surface area (Å²) in [5, 5.41) is 19.8. The highest BCUT2D eigenvalue weighted by Gasteiger charge is 2.37. The lowest BCUT2D eigenvalue weighted by atomic mass is 9.75. The van der Waals surface area contributed by atoms with Gasteiger partial charge in [0.2, 0.25) is 0 Å². The Bertz CT molecular complexity index is 975. The Labute approximate surface area is 225 Å². The highest BCUT2D eigenvalue weighted by atomic mass is 16.5. The molecule has 3 rings (SSSR count). The number of hydrogen-bond acceptors (Lipinski definition) is 6. The molecule has 1 aromatic rings. The zero-order valence-corrected chi connectivity index (χ0v) is 23.4. The molecule has 2 fully saturated rings. The van der Waals surface area contributed by atoms with Crippen molar-refractivity contribution in [2.45, 2.75) is 92.3 Å². The van der Waals surface area contributed by atoms with Crippen LogP contribution in [-0.4, -0.2) is 46.3 Å². The van der Waals surface area contributed by atoms with Crippen molar-refractivity contribution in [1.82, 2.24) is 0 Å². The predicted molar refractivity (Wildman–Crippen MR) is 141 cm³/mol. The minimum atomic E-state index is -1.45. The molecule has 2 aliphatic carbocycles. The van der Waals surface area contributed by atoms with Gasteiger partial charge in [-0.15, -0.1) is 0 Å². The molecule has 2 N–H and O–H groups in total. The summed E-state index contributed by atoms with van der Waals surface area (Å²) in [5.74, 6) is -3.20. The SMILES string of the molecule is CC(C)[C@H]1CC[C@H](C)C[C@@H]1OC(=O)c1cc(C(=O)O)c(C(=O)O[C@H]2C[C@@H](C)CC[C@@H]2C(C)C)cc1C(=O)O. The van der Waals surface area contributed by atoms with Crippen molar-refractivity contribution in [3.05, 3.63) is 34.4 Å². The van der Waals surface area contributed by atoms with Gasteiger partial charge in [0.05, 0.1) is 22.3 Å². The van der Waals surface area contributed by atoms with Crippen LogP contribution in [-0.2, 0) is 9.47 Å². The molecule has 8 heteroatoms. The highest BCUT2D eigenvalue weighted by molar-refractivity contribution is 6.09. The topological polar surface area (TPSA) is 127 Å². The number of carboxylic acids is 2. The number of ether oxygens (including phenoxy) is 2. The summed E-state index contributed by atoms with van der Waals surface area (Å²) in [7, 11) is 0. The van der Waals surface area contributed by atoms with Crippen LogP contribution in [0, 0.1) is 35.5 Å². The van der Waals surface area contributed by atoms with E-state index in [2.05, 4.69) is 41.5 Å². The zero-order chi connectivity index (χ0) is 28.3. The summed E-state index contributed by atoms with van der Waals surface area (Å²) in [6, 6.07) is 1.90. The summed E-state index contributed by atoms with van der Waals surface area (Å²) in [6.07, 6.45) is 4.35. The first kappa shape index (κ1) is 29.7. The van der Waals surface area contributed by atoms with Gasteiger partial charge in [-0.1, -0.05) is 54.4 Å². The van der Waals surface area contributed by atoms with E-state index in [1.807, 2.05) is 0 Å². The lowest BCUT2D eigenvalue weighted by molar-refractivity contribution is -0.0187. The Kier molecular flexibility index (Phi) is 9.60. The Morgan fingerprint density at radius 3 is 1.29 bits per heavy atom.